The summed E-state index contributed by atoms with van der Waals surface area (Å²) in [5, 5.41) is 9.01. The van der Waals surface area contributed by atoms with Crippen molar-refractivity contribution in [3.05, 3.63) is 52.3 Å². The molecule has 7 heteroatoms. The molecular weight excluding hydrogens is 362 g/mol. The van der Waals surface area contributed by atoms with Crippen molar-refractivity contribution in [3.8, 4) is 11.8 Å². The highest BCUT2D eigenvalue weighted by molar-refractivity contribution is 7.90. The fourth-order valence-corrected chi connectivity index (χ4v) is 4.13. The molecule has 0 aliphatic carbocycles. The second kappa shape index (κ2) is 8.51. The van der Waals surface area contributed by atoms with Gasteiger partial charge in [0.1, 0.15) is 9.84 Å². The van der Waals surface area contributed by atoms with Gasteiger partial charge in [-0.25, -0.2) is 8.42 Å². The van der Waals surface area contributed by atoms with Crippen LogP contribution in [0.4, 0.5) is 0 Å². The van der Waals surface area contributed by atoms with E-state index < -0.39 is 9.84 Å². The maximum Gasteiger partial charge on any atom is 0.178 e. The summed E-state index contributed by atoms with van der Waals surface area (Å²) < 4.78 is 24.7. The molecule has 0 atom stereocenters. The number of unbranched alkanes of at least 4 members (excludes halogenated alkanes) is 1. The van der Waals surface area contributed by atoms with Gasteiger partial charge >= 0.3 is 0 Å². The van der Waals surface area contributed by atoms with Gasteiger partial charge < -0.3 is 10.3 Å². The lowest BCUT2D eigenvalue weighted by atomic mass is 10.0. The number of benzene rings is 1. The third-order valence-electron chi connectivity index (χ3n) is 4.67. The number of hydrogen-bond donors (Lipinski definition) is 1. The highest BCUT2D eigenvalue weighted by atomic mass is 32.2. The van der Waals surface area contributed by atoms with Crippen LogP contribution in [-0.4, -0.2) is 37.3 Å². The third-order valence-corrected chi connectivity index (χ3v) is 5.70. The Hall–Kier alpha value is -2.43. The second-order valence-corrected chi connectivity index (χ2v) is 9.00. The van der Waals surface area contributed by atoms with Crippen molar-refractivity contribution < 1.29 is 13.2 Å². The quantitative estimate of drug-likeness (QED) is 0.553. The van der Waals surface area contributed by atoms with Gasteiger partial charge in [-0.3, -0.25) is 4.79 Å². The Labute approximate surface area is 160 Å². The molecule has 0 saturated carbocycles. The fourth-order valence-electron chi connectivity index (χ4n) is 3.40. The molecule has 0 bridgehead atoms. The largest absolute Gasteiger partial charge is 0.324 e. The van der Waals surface area contributed by atoms with E-state index in [2.05, 4.69) is 6.07 Å². The predicted octanol–water partition coefficient (Wildman–Crippen LogP) is 2.47. The molecule has 1 heterocycles. The van der Waals surface area contributed by atoms with Gasteiger partial charge in [0, 0.05) is 34.6 Å². The minimum atomic E-state index is -2.99. The van der Waals surface area contributed by atoms with Crippen LogP contribution < -0.4 is 5.73 Å². The number of hydrogen-bond acceptors (Lipinski definition) is 5. The first kappa shape index (κ1) is 20.9. The standard InChI is InChI=1S/C20H25N3O3S/c1-14-18(6-4-5-11-27(3,25)26)23(15(2)20(14)19(24)13-22)17-9-7-16(12-21)8-10-17/h7-10H,4-6,11,13,22H2,1-3H3. The van der Waals surface area contributed by atoms with Gasteiger partial charge in [0.2, 0.25) is 0 Å². The van der Waals surface area contributed by atoms with Crippen molar-refractivity contribution >= 4 is 15.6 Å². The van der Waals surface area contributed by atoms with E-state index in [1.54, 1.807) is 12.1 Å². The van der Waals surface area contributed by atoms with Gasteiger partial charge in [-0.1, -0.05) is 0 Å². The zero-order valence-corrected chi connectivity index (χ0v) is 16.8. The van der Waals surface area contributed by atoms with E-state index in [0.717, 1.165) is 22.6 Å². The summed E-state index contributed by atoms with van der Waals surface area (Å²) in [6, 6.07) is 9.27. The van der Waals surface area contributed by atoms with E-state index in [1.807, 2.05) is 30.5 Å². The highest BCUT2D eigenvalue weighted by Crippen LogP contribution is 2.28. The van der Waals surface area contributed by atoms with Gasteiger partial charge in [0.05, 0.1) is 18.2 Å². The van der Waals surface area contributed by atoms with Crippen LogP contribution in [0.25, 0.3) is 5.69 Å². The molecule has 2 N–H and O–H groups in total. The SMILES string of the molecule is Cc1c(C(=O)CN)c(C)n(-c2ccc(C#N)cc2)c1CCCCS(C)(=O)=O. The first-order valence-corrected chi connectivity index (χ1v) is 10.9. The molecule has 0 radical (unpaired) electrons. The number of rotatable bonds is 8. The van der Waals surface area contributed by atoms with Crippen LogP contribution in [-0.2, 0) is 16.3 Å². The number of nitrogens with two attached hydrogens (primary N) is 1. The Bertz CT molecular complexity index is 981. The van der Waals surface area contributed by atoms with Gasteiger partial charge in [0.25, 0.3) is 0 Å². The molecule has 2 aromatic rings. The Kier molecular flexibility index (Phi) is 6.58. The third kappa shape index (κ3) is 4.85. The smallest absolute Gasteiger partial charge is 0.178 e. The van der Waals surface area contributed by atoms with E-state index in [4.69, 9.17) is 11.0 Å². The molecule has 0 unspecified atom stereocenters. The summed E-state index contributed by atoms with van der Waals surface area (Å²) in [7, 11) is -2.99. The first-order valence-electron chi connectivity index (χ1n) is 8.82. The van der Waals surface area contributed by atoms with Crippen LogP contribution in [0.1, 0.15) is 45.7 Å². The van der Waals surface area contributed by atoms with Crippen LogP contribution >= 0.6 is 0 Å². The Morgan fingerprint density at radius 1 is 1.19 bits per heavy atom. The molecular formula is C20H25N3O3S. The molecule has 6 nitrogen and oxygen atoms in total. The fraction of sp³-hybridized carbons (Fsp3) is 0.400. The van der Waals surface area contributed by atoms with Crippen molar-refractivity contribution in [2.24, 2.45) is 5.73 Å². The molecule has 0 spiro atoms. The van der Waals surface area contributed by atoms with Crippen molar-refractivity contribution in [2.75, 3.05) is 18.6 Å². The van der Waals surface area contributed by atoms with Crippen molar-refractivity contribution in [1.82, 2.24) is 4.57 Å². The predicted molar refractivity (Wildman–Crippen MR) is 106 cm³/mol. The molecule has 0 fully saturated rings. The van der Waals surface area contributed by atoms with Gasteiger partial charge in [-0.05, 0) is 62.9 Å². The van der Waals surface area contributed by atoms with E-state index >= 15 is 0 Å². The number of aromatic nitrogens is 1. The number of Topliss-reactive ketones (excluding diaryl/α,β-unsaturated/α-hetero) is 1. The number of carbonyl (C=O) groups is 1. The van der Waals surface area contributed by atoms with Crippen LogP contribution in [0.3, 0.4) is 0 Å². The lowest BCUT2D eigenvalue weighted by molar-refractivity contribution is 0.1000. The average molecular weight is 388 g/mol. The normalized spacial score (nSPS) is 11.4. The Balaban J connectivity index is 2.45. The summed E-state index contributed by atoms with van der Waals surface area (Å²) in [5.74, 6) is 0.0340. The zero-order chi connectivity index (χ0) is 20.2. The minimum Gasteiger partial charge on any atom is -0.324 e. The number of nitrogens with zero attached hydrogens (tertiary/aromatic N) is 2. The zero-order valence-electron chi connectivity index (χ0n) is 15.9. The summed E-state index contributed by atoms with van der Waals surface area (Å²) in [6.07, 6.45) is 3.15. The first-order chi connectivity index (χ1) is 12.7. The summed E-state index contributed by atoms with van der Waals surface area (Å²) in [6.45, 7) is 3.72. The van der Waals surface area contributed by atoms with Crippen molar-refractivity contribution in [1.29, 1.82) is 5.26 Å². The van der Waals surface area contributed by atoms with E-state index in [-0.39, 0.29) is 18.1 Å². The van der Waals surface area contributed by atoms with E-state index in [0.29, 0.717) is 30.4 Å². The summed E-state index contributed by atoms with van der Waals surface area (Å²) in [5.41, 5.74) is 10.3. The van der Waals surface area contributed by atoms with Crippen molar-refractivity contribution in [3.63, 3.8) is 0 Å². The van der Waals surface area contributed by atoms with Crippen LogP contribution in [0.5, 0.6) is 0 Å². The van der Waals surface area contributed by atoms with E-state index in [9.17, 15) is 13.2 Å². The molecule has 1 aromatic carbocycles. The average Bonchev–Trinajstić information content (AvgIpc) is 2.87. The molecule has 144 valence electrons. The number of nitriles is 1. The lowest BCUT2D eigenvalue weighted by Gasteiger charge is -2.13. The number of sulfone groups is 1. The number of carbonyl (C=O) groups excluding carboxylic acids is 1. The Morgan fingerprint density at radius 3 is 2.33 bits per heavy atom. The van der Waals surface area contributed by atoms with Crippen LogP contribution in [0.2, 0.25) is 0 Å². The summed E-state index contributed by atoms with van der Waals surface area (Å²) in [4.78, 5) is 12.4. The lowest BCUT2D eigenvalue weighted by Crippen LogP contribution is -2.15. The molecule has 0 saturated heterocycles. The highest BCUT2D eigenvalue weighted by Gasteiger charge is 2.22. The molecule has 0 aliphatic heterocycles. The maximum atomic E-state index is 12.4. The van der Waals surface area contributed by atoms with Crippen LogP contribution in [0.15, 0.2) is 24.3 Å². The van der Waals surface area contributed by atoms with E-state index in [1.165, 1.54) is 6.26 Å². The summed E-state index contributed by atoms with van der Waals surface area (Å²) >= 11 is 0. The number of ketones is 1. The van der Waals surface area contributed by atoms with Gasteiger partial charge in [-0.2, -0.15) is 5.26 Å². The Morgan fingerprint density at radius 2 is 1.81 bits per heavy atom. The minimum absolute atomic E-state index is 0.0629. The topological polar surface area (TPSA) is 106 Å². The maximum absolute atomic E-state index is 12.4. The monoisotopic (exact) mass is 387 g/mol. The van der Waals surface area contributed by atoms with Gasteiger partial charge in [0.15, 0.2) is 5.78 Å². The molecule has 0 amide bonds. The van der Waals surface area contributed by atoms with Gasteiger partial charge in [-0.15, -0.1) is 0 Å². The molecule has 2 rings (SSSR count). The second-order valence-electron chi connectivity index (χ2n) is 6.74. The molecule has 27 heavy (non-hydrogen) atoms. The van der Waals surface area contributed by atoms with Crippen LogP contribution in [0, 0.1) is 25.2 Å². The van der Waals surface area contributed by atoms with Crippen molar-refractivity contribution in [2.45, 2.75) is 33.1 Å². The molecule has 0 aliphatic rings. The molecule has 1 aromatic heterocycles.